The lowest BCUT2D eigenvalue weighted by atomic mass is 9.41. The molecule has 8 atom stereocenters. The summed E-state index contributed by atoms with van der Waals surface area (Å²) in [4.78, 5) is 24.1. The fraction of sp³-hybridized carbons (Fsp3) is 0.800. The number of carbonyl (C=O) groups is 2. The second-order valence-corrected chi connectivity index (χ2v) is 8.04. The van der Waals surface area contributed by atoms with Crippen LogP contribution < -0.4 is 0 Å². The minimum Gasteiger partial charge on any atom is -0.298 e. The molecule has 0 spiro atoms. The summed E-state index contributed by atoms with van der Waals surface area (Å²) in [6.07, 6.45) is 0. The monoisotopic (exact) mass is 316 g/mol. The molecule has 0 aliphatic heterocycles. The van der Waals surface area contributed by atoms with E-state index in [0.29, 0.717) is 35.2 Å². The molecule has 0 heterocycles. The van der Waals surface area contributed by atoms with E-state index < -0.39 is 0 Å². The van der Waals surface area contributed by atoms with Gasteiger partial charge in [-0.05, 0) is 23.7 Å². The summed E-state index contributed by atoms with van der Waals surface area (Å²) >= 11 is 7.27. The van der Waals surface area contributed by atoms with Crippen molar-refractivity contribution in [2.75, 3.05) is 0 Å². The molecular formula is C10H6Br2O2. The first-order valence-electron chi connectivity index (χ1n) is 5.02. The molecule has 0 radical (unpaired) electrons. The molecule has 4 heteroatoms. The molecule has 4 bridgehead atoms. The molecule has 72 valence electrons. The zero-order chi connectivity index (χ0) is 9.62. The Hall–Kier alpha value is 0.300. The van der Waals surface area contributed by atoms with Crippen molar-refractivity contribution in [2.45, 2.75) is 8.65 Å². The highest BCUT2D eigenvalue weighted by molar-refractivity contribution is 9.10. The Balaban J connectivity index is 1.93. The minimum atomic E-state index is -0.263. The topological polar surface area (TPSA) is 34.1 Å². The van der Waals surface area contributed by atoms with E-state index >= 15 is 0 Å². The average molecular weight is 318 g/mol. The highest BCUT2D eigenvalue weighted by atomic mass is 79.9. The van der Waals surface area contributed by atoms with Crippen LogP contribution in [0, 0.1) is 35.5 Å². The third kappa shape index (κ3) is 0.337. The van der Waals surface area contributed by atoms with Crippen molar-refractivity contribution in [3.63, 3.8) is 0 Å². The van der Waals surface area contributed by atoms with E-state index in [1.54, 1.807) is 0 Å². The molecule has 0 unspecified atom stereocenters. The first-order valence-corrected chi connectivity index (χ1v) is 6.60. The van der Waals surface area contributed by atoms with Crippen molar-refractivity contribution in [3.05, 3.63) is 0 Å². The first-order chi connectivity index (χ1) is 6.55. The summed E-state index contributed by atoms with van der Waals surface area (Å²) in [7, 11) is 0. The van der Waals surface area contributed by atoms with Crippen LogP contribution in [0.2, 0.25) is 0 Å². The zero-order valence-electron chi connectivity index (χ0n) is 7.04. The van der Waals surface area contributed by atoms with Crippen molar-refractivity contribution >= 4 is 43.4 Å². The molecule has 0 saturated heterocycles. The summed E-state index contributed by atoms with van der Waals surface area (Å²) in [5, 5.41) is 0. The molecule has 6 rings (SSSR count). The zero-order valence-corrected chi connectivity index (χ0v) is 10.2. The van der Waals surface area contributed by atoms with Crippen LogP contribution in [0.1, 0.15) is 0 Å². The third-order valence-corrected chi connectivity index (χ3v) is 8.52. The summed E-state index contributed by atoms with van der Waals surface area (Å²) < 4.78 is -0.526. The standard InChI is InChI=1S/C10H6Br2O2/c11-9-3-1-2(8(9)14)4-6(9)5(3)10(4,12)7(1)13/h1-6H/t1-,2+,3-,4-,5+,6+,9+,10-/m0/s1. The highest BCUT2D eigenvalue weighted by Gasteiger charge is 3.00. The number of hydrogen-bond acceptors (Lipinski definition) is 2. The molecule has 6 aliphatic carbocycles. The maximum atomic E-state index is 12.1. The average Bonchev–Trinajstić information content (AvgIpc) is 2.54. The molecule has 0 aromatic rings. The van der Waals surface area contributed by atoms with E-state index in [0.717, 1.165) is 0 Å². The van der Waals surface area contributed by atoms with Crippen molar-refractivity contribution in [1.29, 1.82) is 0 Å². The molecule has 14 heavy (non-hydrogen) atoms. The lowest BCUT2D eigenvalue weighted by Gasteiger charge is -2.68. The van der Waals surface area contributed by atoms with Crippen LogP contribution in [-0.4, -0.2) is 20.2 Å². The Morgan fingerprint density at radius 3 is 1.43 bits per heavy atom. The summed E-state index contributed by atoms with van der Waals surface area (Å²) in [6, 6.07) is 0. The predicted molar refractivity (Wildman–Crippen MR) is 54.3 cm³/mol. The molecule has 0 amide bonds. The summed E-state index contributed by atoms with van der Waals surface area (Å²) in [5.41, 5.74) is 0. The fourth-order valence-electron chi connectivity index (χ4n) is 5.46. The number of rotatable bonds is 0. The van der Waals surface area contributed by atoms with Crippen LogP contribution in [-0.2, 0) is 9.59 Å². The minimum absolute atomic E-state index is 0.0706. The fourth-order valence-corrected chi connectivity index (χ4v) is 8.27. The van der Waals surface area contributed by atoms with Gasteiger partial charge in [0.05, 0.1) is 8.65 Å². The predicted octanol–water partition coefficient (Wildman–Crippen LogP) is 1.16. The lowest BCUT2D eigenvalue weighted by molar-refractivity contribution is -0.139. The molecule has 6 saturated carbocycles. The summed E-state index contributed by atoms with van der Waals surface area (Å²) in [5.74, 6) is 2.45. The third-order valence-electron chi connectivity index (χ3n) is 5.62. The largest absolute Gasteiger partial charge is 0.298 e. The van der Waals surface area contributed by atoms with Crippen LogP contribution >= 0.6 is 31.9 Å². The van der Waals surface area contributed by atoms with E-state index in [9.17, 15) is 9.59 Å². The van der Waals surface area contributed by atoms with Gasteiger partial charge in [0, 0.05) is 11.8 Å². The Bertz CT molecular complexity index is 419. The number of carbonyl (C=O) groups excluding carboxylic acids is 2. The Labute approximate surface area is 97.1 Å². The molecule has 6 aliphatic rings. The van der Waals surface area contributed by atoms with Crippen LogP contribution in [0.3, 0.4) is 0 Å². The second-order valence-electron chi connectivity index (χ2n) is 5.42. The highest BCUT2D eigenvalue weighted by Crippen LogP contribution is 2.92. The van der Waals surface area contributed by atoms with Crippen LogP contribution in [0.4, 0.5) is 0 Å². The molecule has 0 aromatic heterocycles. The van der Waals surface area contributed by atoms with Gasteiger partial charge in [0.15, 0.2) is 11.6 Å². The smallest absolute Gasteiger partial charge is 0.154 e. The van der Waals surface area contributed by atoms with E-state index in [2.05, 4.69) is 31.9 Å². The van der Waals surface area contributed by atoms with Crippen molar-refractivity contribution in [1.82, 2.24) is 0 Å². The van der Waals surface area contributed by atoms with Gasteiger partial charge in [-0.1, -0.05) is 31.9 Å². The maximum Gasteiger partial charge on any atom is 0.154 e. The Morgan fingerprint density at radius 1 is 0.786 bits per heavy atom. The number of ketones is 2. The number of Topliss-reactive ketones (excluding diaryl/α,β-unsaturated/α-hetero) is 2. The van der Waals surface area contributed by atoms with E-state index in [-0.39, 0.29) is 20.5 Å². The molecule has 0 aromatic carbocycles. The molecule has 0 N–H and O–H groups in total. The van der Waals surface area contributed by atoms with Gasteiger partial charge in [0.25, 0.3) is 0 Å². The maximum absolute atomic E-state index is 12.1. The van der Waals surface area contributed by atoms with E-state index in [4.69, 9.17) is 0 Å². The van der Waals surface area contributed by atoms with Gasteiger partial charge in [-0.3, -0.25) is 9.59 Å². The van der Waals surface area contributed by atoms with Gasteiger partial charge in [-0.2, -0.15) is 0 Å². The van der Waals surface area contributed by atoms with Gasteiger partial charge < -0.3 is 0 Å². The van der Waals surface area contributed by atoms with Crippen molar-refractivity contribution in [2.24, 2.45) is 35.5 Å². The van der Waals surface area contributed by atoms with Crippen molar-refractivity contribution < 1.29 is 9.59 Å². The normalized spacial score (nSPS) is 79.6. The van der Waals surface area contributed by atoms with E-state index in [1.807, 2.05) is 0 Å². The Kier molecular flexibility index (Phi) is 0.824. The van der Waals surface area contributed by atoms with E-state index in [1.165, 1.54) is 0 Å². The number of halogens is 2. The summed E-state index contributed by atoms with van der Waals surface area (Å²) in [6.45, 7) is 0. The van der Waals surface area contributed by atoms with Crippen LogP contribution in [0.5, 0.6) is 0 Å². The quantitative estimate of drug-likeness (QED) is 0.628. The molecule has 2 nitrogen and oxygen atoms in total. The first kappa shape index (κ1) is 7.55. The SMILES string of the molecule is O=C1[C@H]2[C@H]3C(=O)[C@]4(Br)[C@H]5[C@@H]([C@H]24)[C@@]1(Br)[C@@H]35. The van der Waals surface area contributed by atoms with Gasteiger partial charge in [-0.15, -0.1) is 0 Å². The van der Waals surface area contributed by atoms with Crippen molar-refractivity contribution in [3.8, 4) is 0 Å². The van der Waals surface area contributed by atoms with Gasteiger partial charge in [0.1, 0.15) is 0 Å². The molecular weight excluding hydrogens is 312 g/mol. The lowest BCUT2D eigenvalue weighted by Crippen LogP contribution is -2.74. The van der Waals surface area contributed by atoms with Gasteiger partial charge >= 0.3 is 0 Å². The van der Waals surface area contributed by atoms with Gasteiger partial charge in [-0.25, -0.2) is 0 Å². The van der Waals surface area contributed by atoms with Crippen LogP contribution in [0.15, 0.2) is 0 Å². The second kappa shape index (κ2) is 1.53. The van der Waals surface area contributed by atoms with Gasteiger partial charge in [0.2, 0.25) is 0 Å². The number of hydrogen-bond donors (Lipinski definition) is 0. The Morgan fingerprint density at radius 2 is 1.14 bits per heavy atom. The van der Waals surface area contributed by atoms with Crippen LogP contribution in [0.25, 0.3) is 0 Å². The molecule has 6 fully saturated rings. The number of alkyl halides is 2.